The first kappa shape index (κ1) is 22.8. The molecule has 34 heavy (non-hydrogen) atoms. The lowest BCUT2D eigenvalue weighted by atomic mass is 9.96. The Morgan fingerprint density at radius 1 is 0.971 bits per heavy atom. The summed E-state index contributed by atoms with van der Waals surface area (Å²) in [4.78, 5) is 6.42. The maximum absolute atomic E-state index is 15.0. The molecule has 4 nitrogen and oxygen atoms in total. The summed E-state index contributed by atoms with van der Waals surface area (Å²) in [6.07, 6.45) is 1.75. The molecule has 1 aliphatic heterocycles. The molecule has 1 saturated heterocycles. The molecule has 4 aromatic rings. The summed E-state index contributed by atoms with van der Waals surface area (Å²) < 4.78 is 17.1. The number of halogens is 3. The van der Waals surface area contributed by atoms with Crippen LogP contribution in [0.15, 0.2) is 72.9 Å². The van der Waals surface area contributed by atoms with Crippen LogP contribution < -0.4 is 10.2 Å². The van der Waals surface area contributed by atoms with Gasteiger partial charge in [0.1, 0.15) is 5.82 Å². The van der Waals surface area contributed by atoms with Crippen LogP contribution in [0.2, 0.25) is 10.0 Å². The molecule has 8 heteroatoms. The van der Waals surface area contributed by atoms with E-state index in [9.17, 15) is 4.39 Å². The Kier molecular flexibility index (Phi) is 6.06. The zero-order valence-corrected chi connectivity index (χ0v) is 20.8. The molecular formula is C26H21Cl2FN4S. The fourth-order valence-corrected chi connectivity index (χ4v) is 5.53. The van der Waals surface area contributed by atoms with Gasteiger partial charge in [0.05, 0.1) is 34.2 Å². The van der Waals surface area contributed by atoms with Crippen molar-refractivity contribution in [3.63, 3.8) is 0 Å². The number of para-hydroxylation sites is 1. The lowest BCUT2D eigenvalue weighted by molar-refractivity contribution is 0.556. The quantitative estimate of drug-likeness (QED) is 0.296. The van der Waals surface area contributed by atoms with Gasteiger partial charge in [0.2, 0.25) is 0 Å². The minimum Gasteiger partial charge on any atom is -0.351 e. The number of pyridine rings is 1. The predicted octanol–water partition coefficient (Wildman–Crippen LogP) is 7.11. The highest BCUT2D eigenvalue weighted by Gasteiger charge is 2.43. The third kappa shape index (κ3) is 3.86. The van der Waals surface area contributed by atoms with Crippen molar-refractivity contribution in [1.82, 2.24) is 14.9 Å². The number of nitrogens with one attached hydrogen (secondary N) is 1. The van der Waals surface area contributed by atoms with Gasteiger partial charge in [0.25, 0.3) is 0 Å². The summed E-state index contributed by atoms with van der Waals surface area (Å²) in [7, 11) is 0. The maximum Gasteiger partial charge on any atom is 0.174 e. The average molecular weight is 511 g/mol. The average Bonchev–Trinajstić information content (AvgIpc) is 3.30. The summed E-state index contributed by atoms with van der Waals surface area (Å²) in [5.74, 6) is -0.340. The van der Waals surface area contributed by atoms with Crippen molar-refractivity contribution in [2.75, 3.05) is 4.90 Å². The predicted molar refractivity (Wildman–Crippen MR) is 140 cm³/mol. The molecule has 2 atom stereocenters. The van der Waals surface area contributed by atoms with E-state index in [1.165, 1.54) is 6.07 Å². The van der Waals surface area contributed by atoms with Crippen LogP contribution in [0.4, 0.5) is 10.1 Å². The second-order valence-electron chi connectivity index (χ2n) is 8.21. The van der Waals surface area contributed by atoms with Crippen LogP contribution in [-0.2, 0) is 0 Å². The van der Waals surface area contributed by atoms with E-state index in [2.05, 4.69) is 20.9 Å². The molecule has 5 rings (SSSR count). The second-order valence-corrected chi connectivity index (χ2v) is 9.44. The molecule has 172 valence electrons. The van der Waals surface area contributed by atoms with Crippen LogP contribution in [0, 0.1) is 19.7 Å². The van der Waals surface area contributed by atoms with E-state index in [-0.39, 0.29) is 17.9 Å². The molecule has 0 amide bonds. The molecule has 0 bridgehead atoms. The number of hydrogen-bond donors (Lipinski definition) is 1. The van der Waals surface area contributed by atoms with Gasteiger partial charge in [0, 0.05) is 22.6 Å². The van der Waals surface area contributed by atoms with Crippen LogP contribution >= 0.6 is 35.4 Å². The van der Waals surface area contributed by atoms with Crippen LogP contribution in [0.3, 0.4) is 0 Å². The van der Waals surface area contributed by atoms with Crippen molar-refractivity contribution in [3.05, 3.63) is 111 Å². The molecule has 0 saturated carbocycles. The molecule has 0 unspecified atom stereocenters. The monoisotopic (exact) mass is 510 g/mol. The number of nitrogens with zero attached hydrogens (tertiary/aromatic N) is 3. The first-order valence-electron chi connectivity index (χ1n) is 10.8. The smallest absolute Gasteiger partial charge is 0.174 e. The summed E-state index contributed by atoms with van der Waals surface area (Å²) in [5, 5.41) is 4.95. The van der Waals surface area contributed by atoms with E-state index in [1.54, 1.807) is 24.4 Å². The maximum atomic E-state index is 15.0. The third-order valence-corrected chi connectivity index (χ3v) is 7.00. The van der Waals surface area contributed by atoms with E-state index in [0.717, 1.165) is 28.3 Å². The van der Waals surface area contributed by atoms with E-state index in [0.29, 0.717) is 20.8 Å². The van der Waals surface area contributed by atoms with Crippen molar-refractivity contribution in [3.8, 4) is 5.69 Å². The molecule has 1 aliphatic rings. The van der Waals surface area contributed by atoms with Crippen molar-refractivity contribution in [2.45, 2.75) is 25.9 Å². The summed E-state index contributed by atoms with van der Waals surface area (Å²) in [5.41, 5.74) is 5.02. The summed E-state index contributed by atoms with van der Waals surface area (Å²) in [6, 6.07) is 19.4. The normalized spacial score (nSPS) is 17.8. The van der Waals surface area contributed by atoms with Gasteiger partial charge in [0.15, 0.2) is 5.11 Å². The van der Waals surface area contributed by atoms with Gasteiger partial charge in [-0.05, 0) is 80.2 Å². The van der Waals surface area contributed by atoms with Crippen molar-refractivity contribution < 1.29 is 4.39 Å². The Balaban J connectivity index is 1.71. The highest BCUT2D eigenvalue weighted by molar-refractivity contribution is 7.80. The Hall–Kier alpha value is -2.93. The fourth-order valence-electron chi connectivity index (χ4n) is 4.70. The van der Waals surface area contributed by atoms with Gasteiger partial charge >= 0.3 is 0 Å². The molecule has 3 heterocycles. The SMILES string of the molecule is Cc1cc([C@H]2[C@@H](c3ccccn3)NC(=S)N2c2ccccc2F)c(C)n1-c1ccc(Cl)cc1Cl. The third-order valence-electron chi connectivity index (χ3n) is 6.15. The first-order valence-corrected chi connectivity index (χ1v) is 11.9. The van der Waals surface area contributed by atoms with E-state index in [1.807, 2.05) is 55.1 Å². The van der Waals surface area contributed by atoms with Gasteiger partial charge in [-0.1, -0.05) is 41.4 Å². The van der Waals surface area contributed by atoms with E-state index in [4.69, 9.17) is 35.4 Å². The van der Waals surface area contributed by atoms with Crippen molar-refractivity contribution >= 4 is 46.2 Å². The highest BCUT2D eigenvalue weighted by Crippen LogP contribution is 2.44. The van der Waals surface area contributed by atoms with Crippen LogP contribution in [0.25, 0.3) is 5.69 Å². The van der Waals surface area contributed by atoms with Gasteiger partial charge in [-0.3, -0.25) is 4.98 Å². The number of rotatable bonds is 4. The summed E-state index contributed by atoms with van der Waals surface area (Å²) >= 11 is 18.4. The zero-order chi connectivity index (χ0) is 24.0. The Labute approximate surface area is 213 Å². The van der Waals surface area contributed by atoms with Gasteiger partial charge < -0.3 is 14.8 Å². The topological polar surface area (TPSA) is 33.1 Å². The molecule has 2 aromatic carbocycles. The van der Waals surface area contributed by atoms with E-state index >= 15 is 0 Å². The lowest BCUT2D eigenvalue weighted by Crippen LogP contribution is -2.30. The number of hydrogen-bond acceptors (Lipinski definition) is 2. The standard InChI is InChI=1S/C26H21Cl2FN4S/c1-15-13-18(16(2)32(15)22-11-10-17(27)14-19(22)28)25-24(21-8-5-6-12-30-21)31-26(34)33(25)23-9-4-3-7-20(23)29/h3-14,24-25H,1-2H3,(H,31,34)/t24-,25+/m1/s1. The van der Waals surface area contributed by atoms with Crippen LogP contribution in [-0.4, -0.2) is 14.7 Å². The lowest BCUT2D eigenvalue weighted by Gasteiger charge is -2.28. The second kappa shape index (κ2) is 9.02. The Morgan fingerprint density at radius 2 is 1.74 bits per heavy atom. The minimum absolute atomic E-state index is 0.275. The molecule has 0 aliphatic carbocycles. The van der Waals surface area contributed by atoms with Crippen LogP contribution in [0.1, 0.15) is 34.7 Å². The van der Waals surface area contributed by atoms with Gasteiger partial charge in [-0.15, -0.1) is 0 Å². The fraction of sp³-hybridized carbons (Fsp3) is 0.154. The molecule has 2 aromatic heterocycles. The van der Waals surface area contributed by atoms with Crippen molar-refractivity contribution in [1.29, 1.82) is 0 Å². The molecule has 0 spiro atoms. The Bertz CT molecular complexity index is 1390. The largest absolute Gasteiger partial charge is 0.351 e. The number of thiocarbonyl (C=S) groups is 1. The Morgan fingerprint density at radius 3 is 2.44 bits per heavy atom. The van der Waals surface area contributed by atoms with Gasteiger partial charge in [-0.25, -0.2) is 4.39 Å². The zero-order valence-electron chi connectivity index (χ0n) is 18.5. The van der Waals surface area contributed by atoms with Gasteiger partial charge in [-0.2, -0.15) is 0 Å². The molecule has 1 N–H and O–H groups in total. The first-order chi connectivity index (χ1) is 16.4. The number of anilines is 1. The number of aromatic nitrogens is 2. The number of benzene rings is 2. The molecule has 0 radical (unpaired) electrons. The van der Waals surface area contributed by atoms with Crippen LogP contribution in [0.5, 0.6) is 0 Å². The molecular weight excluding hydrogens is 490 g/mol. The summed E-state index contributed by atoms with van der Waals surface area (Å²) in [6.45, 7) is 4.05. The van der Waals surface area contributed by atoms with E-state index < -0.39 is 0 Å². The number of aryl methyl sites for hydroxylation is 1. The molecule has 1 fully saturated rings. The van der Waals surface area contributed by atoms with Crippen molar-refractivity contribution in [2.24, 2.45) is 0 Å². The highest BCUT2D eigenvalue weighted by atomic mass is 35.5. The minimum atomic E-state index is -0.340.